The van der Waals surface area contributed by atoms with Crippen LogP contribution in [0.15, 0.2) is 54.9 Å². The van der Waals surface area contributed by atoms with Crippen LogP contribution in [0.4, 0.5) is 0 Å². The molecule has 0 saturated heterocycles. The summed E-state index contributed by atoms with van der Waals surface area (Å²) in [6.07, 6.45) is 4.73. The fraction of sp³-hybridized carbons (Fsp3) is 0.261. The van der Waals surface area contributed by atoms with Crippen LogP contribution in [0.2, 0.25) is 0 Å². The van der Waals surface area contributed by atoms with Crippen LogP contribution in [0.5, 0.6) is 5.75 Å². The van der Waals surface area contributed by atoms with E-state index in [0.717, 1.165) is 34.2 Å². The van der Waals surface area contributed by atoms with Gasteiger partial charge in [0, 0.05) is 40.7 Å². The van der Waals surface area contributed by atoms with Gasteiger partial charge in [0.2, 0.25) is 5.91 Å². The van der Waals surface area contributed by atoms with Gasteiger partial charge in [0.25, 0.3) is 0 Å². The summed E-state index contributed by atoms with van der Waals surface area (Å²) in [4.78, 5) is 19.5. The van der Waals surface area contributed by atoms with E-state index in [1.165, 1.54) is 10.9 Å². The number of H-pyrrole nitrogens is 2. The summed E-state index contributed by atoms with van der Waals surface area (Å²) < 4.78 is 5.34. The maximum atomic E-state index is 13.0. The summed E-state index contributed by atoms with van der Waals surface area (Å²) >= 11 is 0. The normalized spacial score (nSPS) is 11.8. The quantitative estimate of drug-likeness (QED) is 0.470. The maximum Gasteiger partial charge on any atom is 0.230 e. The van der Waals surface area contributed by atoms with E-state index in [1.807, 2.05) is 56.6 Å². The van der Waals surface area contributed by atoms with Crippen molar-refractivity contribution in [2.45, 2.75) is 25.7 Å². The molecule has 3 N–H and O–H groups in total. The average molecular weight is 375 g/mol. The molecule has 0 spiro atoms. The highest BCUT2D eigenvalue weighted by molar-refractivity contribution is 5.95. The van der Waals surface area contributed by atoms with Gasteiger partial charge in [0.15, 0.2) is 0 Å². The van der Waals surface area contributed by atoms with E-state index >= 15 is 0 Å². The van der Waals surface area contributed by atoms with Crippen molar-refractivity contribution in [3.8, 4) is 5.75 Å². The van der Waals surface area contributed by atoms with E-state index in [9.17, 15) is 4.79 Å². The lowest BCUT2D eigenvalue weighted by atomic mass is 9.83. The summed E-state index contributed by atoms with van der Waals surface area (Å²) in [5, 5.41) is 5.33. The largest absolute Gasteiger partial charge is 0.497 e. The van der Waals surface area contributed by atoms with Crippen molar-refractivity contribution in [1.29, 1.82) is 0 Å². The van der Waals surface area contributed by atoms with Crippen LogP contribution >= 0.6 is 0 Å². The van der Waals surface area contributed by atoms with Gasteiger partial charge in [0.05, 0.1) is 12.5 Å². The van der Waals surface area contributed by atoms with Crippen LogP contribution in [-0.4, -0.2) is 29.5 Å². The van der Waals surface area contributed by atoms with Crippen molar-refractivity contribution >= 4 is 27.7 Å². The van der Waals surface area contributed by atoms with E-state index in [1.54, 1.807) is 7.11 Å². The fourth-order valence-electron chi connectivity index (χ4n) is 3.74. The lowest BCUT2D eigenvalue weighted by Gasteiger charge is -2.23. The number of ether oxygens (including phenoxy) is 1. The third kappa shape index (κ3) is 3.13. The molecule has 4 rings (SSSR count). The molecule has 4 aromatic rings. The number of carbonyl (C=O) groups is 1. The zero-order valence-electron chi connectivity index (χ0n) is 16.4. The van der Waals surface area contributed by atoms with Crippen molar-refractivity contribution in [3.63, 3.8) is 0 Å². The van der Waals surface area contributed by atoms with Crippen LogP contribution in [-0.2, 0) is 16.6 Å². The van der Waals surface area contributed by atoms with Gasteiger partial charge >= 0.3 is 0 Å². The van der Waals surface area contributed by atoms with Gasteiger partial charge in [-0.1, -0.05) is 18.2 Å². The molecule has 2 aromatic heterocycles. The monoisotopic (exact) mass is 375 g/mol. The van der Waals surface area contributed by atoms with Gasteiger partial charge in [0.1, 0.15) is 5.75 Å². The third-order valence-corrected chi connectivity index (χ3v) is 5.48. The minimum atomic E-state index is -0.662. The molecule has 0 bridgehead atoms. The summed E-state index contributed by atoms with van der Waals surface area (Å²) in [7, 11) is 1.65. The Labute approximate surface area is 164 Å². The molecule has 2 aromatic carbocycles. The van der Waals surface area contributed by atoms with Crippen LogP contribution in [0.1, 0.15) is 25.0 Å². The van der Waals surface area contributed by atoms with E-state index in [4.69, 9.17) is 4.74 Å². The molecule has 0 unspecified atom stereocenters. The molecular weight excluding hydrogens is 350 g/mol. The number of benzene rings is 2. The number of hydrogen-bond acceptors (Lipinski definition) is 2. The number of aromatic amines is 2. The first-order chi connectivity index (χ1) is 13.5. The predicted molar refractivity (Wildman–Crippen MR) is 113 cm³/mol. The Morgan fingerprint density at radius 2 is 1.79 bits per heavy atom. The van der Waals surface area contributed by atoms with Gasteiger partial charge in [-0.2, -0.15) is 0 Å². The van der Waals surface area contributed by atoms with E-state index in [2.05, 4.69) is 27.4 Å². The Morgan fingerprint density at radius 3 is 2.61 bits per heavy atom. The molecule has 1 amide bonds. The van der Waals surface area contributed by atoms with Gasteiger partial charge in [-0.3, -0.25) is 4.79 Å². The van der Waals surface area contributed by atoms with E-state index in [-0.39, 0.29) is 5.91 Å². The topological polar surface area (TPSA) is 69.9 Å². The molecule has 144 valence electrons. The number of aromatic nitrogens is 2. The first-order valence-corrected chi connectivity index (χ1v) is 9.49. The molecule has 0 radical (unpaired) electrons. The Bertz CT molecular complexity index is 1140. The lowest BCUT2D eigenvalue weighted by Crippen LogP contribution is -2.40. The van der Waals surface area contributed by atoms with Gasteiger partial charge in [-0.15, -0.1) is 0 Å². The molecule has 0 aliphatic rings. The molecule has 0 saturated carbocycles. The summed E-state index contributed by atoms with van der Waals surface area (Å²) in [5.74, 6) is 0.792. The Balaban J connectivity index is 1.49. The first kappa shape index (κ1) is 18.2. The molecular formula is C23H25N3O2. The Kier molecular flexibility index (Phi) is 4.59. The molecule has 28 heavy (non-hydrogen) atoms. The third-order valence-electron chi connectivity index (χ3n) is 5.48. The minimum Gasteiger partial charge on any atom is -0.497 e. The SMILES string of the molecule is COc1ccc2[nH]cc(C(C)(C)C(=O)NCCc3c[nH]c4ccccc34)c2c1. The highest BCUT2D eigenvalue weighted by atomic mass is 16.5. The fourth-order valence-corrected chi connectivity index (χ4v) is 3.74. The number of hydrogen-bond donors (Lipinski definition) is 3. The second kappa shape index (κ2) is 7.08. The lowest BCUT2D eigenvalue weighted by molar-refractivity contribution is -0.125. The first-order valence-electron chi connectivity index (χ1n) is 9.49. The molecule has 0 atom stereocenters. The highest BCUT2D eigenvalue weighted by Crippen LogP contribution is 2.32. The van der Waals surface area contributed by atoms with E-state index in [0.29, 0.717) is 6.54 Å². The number of methoxy groups -OCH3 is 1. The summed E-state index contributed by atoms with van der Waals surface area (Å²) in [6.45, 7) is 4.50. The zero-order valence-corrected chi connectivity index (χ0v) is 16.4. The molecule has 5 nitrogen and oxygen atoms in total. The molecule has 0 aliphatic heterocycles. The number of fused-ring (bicyclic) bond motifs is 2. The number of carbonyl (C=O) groups excluding carboxylic acids is 1. The Morgan fingerprint density at radius 1 is 1.04 bits per heavy atom. The summed E-state index contributed by atoms with van der Waals surface area (Å²) in [6, 6.07) is 14.1. The van der Waals surface area contributed by atoms with Crippen LogP contribution < -0.4 is 10.1 Å². The highest BCUT2D eigenvalue weighted by Gasteiger charge is 2.32. The van der Waals surface area contributed by atoms with Crippen molar-refractivity contribution in [2.24, 2.45) is 0 Å². The van der Waals surface area contributed by atoms with Crippen LogP contribution in [0.25, 0.3) is 21.8 Å². The van der Waals surface area contributed by atoms with Crippen molar-refractivity contribution < 1.29 is 9.53 Å². The molecule has 5 heteroatoms. The van der Waals surface area contributed by atoms with Crippen molar-refractivity contribution in [1.82, 2.24) is 15.3 Å². The van der Waals surface area contributed by atoms with Crippen molar-refractivity contribution in [2.75, 3.05) is 13.7 Å². The van der Waals surface area contributed by atoms with Crippen molar-refractivity contribution in [3.05, 3.63) is 66.0 Å². The number of para-hydroxylation sites is 1. The van der Waals surface area contributed by atoms with E-state index < -0.39 is 5.41 Å². The number of amides is 1. The zero-order chi connectivity index (χ0) is 19.7. The predicted octanol–water partition coefficient (Wildman–Crippen LogP) is 4.29. The standard InChI is InChI=1S/C23H25N3O2/c1-23(2,19-14-26-21-9-8-16(28-3)12-18(19)21)22(27)24-11-10-15-13-25-20-7-5-4-6-17(15)20/h4-9,12-14,25-26H,10-11H2,1-3H3,(H,24,27). The molecule has 0 aliphatic carbocycles. The smallest absolute Gasteiger partial charge is 0.230 e. The van der Waals surface area contributed by atoms with Crippen LogP contribution in [0, 0.1) is 0 Å². The van der Waals surface area contributed by atoms with Gasteiger partial charge in [-0.05, 0) is 55.7 Å². The molecule has 0 fully saturated rings. The van der Waals surface area contributed by atoms with Crippen LogP contribution in [0.3, 0.4) is 0 Å². The maximum absolute atomic E-state index is 13.0. The van der Waals surface area contributed by atoms with Gasteiger partial charge in [-0.25, -0.2) is 0 Å². The second-order valence-corrected chi connectivity index (χ2v) is 7.60. The number of rotatable bonds is 6. The average Bonchev–Trinajstić information content (AvgIpc) is 3.32. The number of nitrogens with one attached hydrogen (secondary N) is 3. The summed E-state index contributed by atoms with van der Waals surface area (Å²) in [5.41, 5.74) is 3.63. The van der Waals surface area contributed by atoms with Gasteiger partial charge < -0.3 is 20.0 Å². The second-order valence-electron chi connectivity index (χ2n) is 7.60. The Hall–Kier alpha value is -3.21. The minimum absolute atomic E-state index is 0.0102. The molecule has 2 heterocycles.